The largest absolute Gasteiger partial charge is 0.508 e. The Morgan fingerprint density at radius 3 is 2.71 bits per heavy atom. The molecule has 0 aromatic heterocycles. The molecule has 1 rings (SSSR count). The number of hydrogen-bond acceptors (Lipinski definition) is 4. The van der Waals surface area contributed by atoms with Gasteiger partial charge >= 0.3 is 0 Å². The average Bonchev–Trinajstić information content (AvgIpc) is 2.18. The molecule has 0 spiro atoms. The van der Waals surface area contributed by atoms with Crippen LogP contribution in [0.15, 0.2) is 12.1 Å². The van der Waals surface area contributed by atoms with Gasteiger partial charge < -0.3 is 20.7 Å². The lowest BCUT2D eigenvalue weighted by Crippen LogP contribution is -2.12. The smallest absolute Gasteiger partial charge is 0.138 e. The van der Waals surface area contributed by atoms with Gasteiger partial charge in [-0.15, -0.1) is 0 Å². The van der Waals surface area contributed by atoms with Gasteiger partial charge in [0.2, 0.25) is 0 Å². The minimum Gasteiger partial charge on any atom is -0.508 e. The van der Waals surface area contributed by atoms with Crippen LogP contribution in [0.25, 0.3) is 0 Å². The van der Waals surface area contributed by atoms with E-state index in [2.05, 4.69) is 0 Å². The first-order valence-corrected chi connectivity index (χ1v) is 4.43. The maximum Gasteiger partial charge on any atom is 0.138 e. The molecule has 0 aliphatic rings. The number of aliphatic hydroxyl groups is 1. The molecule has 78 valence electrons. The summed E-state index contributed by atoms with van der Waals surface area (Å²) in [6.07, 6.45) is -0.988. The molecule has 4 N–H and O–H groups in total. The Kier molecular flexibility index (Phi) is 3.57. The van der Waals surface area contributed by atoms with E-state index in [4.69, 9.17) is 22.1 Å². The number of phenolic OH excluding ortho intramolecular Hbond substituents is 1. The summed E-state index contributed by atoms with van der Waals surface area (Å²) in [5.41, 5.74) is 5.48. The highest BCUT2D eigenvalue weighted by Crippen LogP contribution is 2.37. The number of nitrogens with two attached hydrogens (primary N) is 1. The summed E-state index contributed by atoms with van der Waals surface area (Å²) in [5, 5.41) is 19.1. The van der Waals surface area contributed by atoms with Crippen LogP contribution in [0.4, 0.5) is 0 Å². The van der Waals surface area contributed by atoms with E-state index in [1.165, 1.54) is 19.2 Å². The normalized spacial score (nSPS) is 12.6. The van der Waals surface area contributed by atoms with E-state index in [9.17, 15) is 10.2 Å². The van der Waals surface area contributed by atoms with Crippen molar-refractivity contribution >= 4 is 11.6 Å². The topological polar surface area (TPSA) is 75.7 Å². The van der Waals surface area contributed by atoms with E-state index in [0.717, 1.165) is 0 Å². The van der Waals surface area contributed by atoms with Crippen molar-refractivity contribution in [2.45, 2.75) is 6.10 Å². The highest BCUT2D eigenvalue weighted by Gasteiger charge is 2.18. The molecule has 0 saturated heterocycles. The Morgan fingerprint density at radius 1 is 1.57 bits per heavy atom. The van der Waals surface area contributed by atoms with Crippen molar-refractivity contribution in [2.24, 2.45) is 5.73 Å². The molecule has 0 aliphatic carbocycles. The molecule has 1 atom stereocenters. The van der Waals surface area contributed by atoms with Crippen molar-refractivity contribution in [2.75, 3.05) is 13.7 Å². The molecule has 0 fully saturated rings. The fourth-order valence-electron chi connectivity index (χ4n) is 1.16. The fourth-order valence-corrected chi connectivity index (χ4v) is 1.52. The van der Waals surface area contributed by atoms with Crippen LogP contribution in [0, 0.1) is 0 Å². The SMILES string of the molecule is COc1ccc(O)c(C(O)CN)c1Cl. The van der Waals surface area contributed by atoms with Crippen LogP contribution in [0.1, 0.15) is 11.7 Å². The van der Waals surface area contributed by atoms with Gasteiger partial charge in [-0.05, 0) is 12.1 Å². The molecule has 5 heteroatoms. The van der Waals surface area contributed by atoms with Crippen molar-refractivity contribution in [1.29, 1.82) is 0 Å². The van der Waals surface area contributed by atoms with Gasteiger partial charge in [0, 0.05) is 12.1 Å². The van der Waals surface area contributed by atoms with Crippen LogP contribution in [0.3, 0.4) is 0 Å². The molecule has 0 heterocycles. The molecule has 0 bridgehead atoms. The highest BCUT2D eigenvalue weighted by atomic mass is 35.5. The first-order chi connectivity index (χ1) is 6.61. The van der Waals surface area contributed by atoms with Crippen LogP contribution in [0.2, 0.25) is 5.02 Å². The van der Waals surface area contributed by atoms with E-state index in [1.54, 1.807) is 0 Å². The van der Waals surface area contributed by atoms with Gasteiger partial charge in [0.15, 0.2) is 0 Å². The summed E-state index contributed by atoms with van der Waals surface area (Å²) < 4.78 is 4.94. The second-order valence-corrected chi connectivity index (χ2v) is 3.14. The number of phenols is 1. The van der Waals surface area contributed by atoms with Crippen LogP contribution >= 0.6 is 11.6 Å². The fraction of sp³-hybridized carbons (Fsp3) is 0.333. The van der Waals surface area contributed by atoms with Gasteiger partial charge in [0.05, 0.1) is 18.2 Å². The van der Waals surface area contributed by atoms with Crippen molar-refractivity contribution in [1.82, 2.24) is 0 Å². The summed E-state index contributed by atoms with van der Waals surface area (Å²) in [6.45, 7) is -0.0134. The lowest BCUT2D eigenvalue weighted by Gasteiger charge is -2.14. The van der Waals surface area contributed by atoms with E-state index in [1.807, 2.05) is 0 Å². The maximum atomic E-state index is 9.49. The lowest BCUT2D eigenvalue weighted by atomic mass is 10.1. The van der Waals surface area contributed by atoms with Gasteiger partial charge in [-0.1, -0.05) is 11.6 Å². The zero-order valence-corrected chi connectivity index (χ0v) is 8.45. The molecular weight excluding hydrogens is 206 g/mol. The second kappa shape index (κ2) is 4.50. The number of ether oxygens (including phenoxy) is 1. The number of aliphatic hydroxyl groups excluding tert-OH is 1. The summed E-state index contributed by atoms with van der Waals surface area (Å²) >= 11 is 5.89. The van der Waals surface area contributed by atoms with Crippen LogP contribution in [-0.4, -0.2) is 23.9 Å². The number of methoxy groups -OCH3 is 1. The molecule has 0 aliphatic heterocycles. The molecule has 14 heavy (non-hydrogen) atoms. The van der Waals surface area contributed by atoms with Crippen LogP contribution in [0.5, 0.6) is 11.5 Å². The zero-order valence-electron chi connectivity index (χ0n) is 7.70. The summed E-state index contributed by atoms with van der Waals surface area (Å²) in [7, 11) is 1.46. The van der Waals surface area contributed by atoms with Gasteiger partial charge in [0.25, 0.3) is 0 Å². The standard InChI is InChI=1S/C9H12ClNO3/c1-14-7-3-2-5(12)8(9(7)10)6(13)4-11/h2-3,6,12-13H,4,11H2,1H3. The quantitative estimate of drug-likeness (QED) is 0.707. The summed E-state index contributed by atoms with van der Waals surface area (Å²) in [6, 6.07) is 2.92. The van der Waals surface area contributed by atoms with Crippen molar-refractivity contribution in [3.63, 3.8) is 0 Å². The number of halogens is 1. The third-order valence-electron chi connectivity index (χ3n) is 1.90. The third-order valence-corrected chi connectivity index (χ3v) is 2.29. The van der Waals surface area contributed by atoms with Gasteiger partial charge in [-0.25, -0.2) is 0 Å². The molecule has 1 aromatic carbocycles. The van der Waals surface area contributed by atoms with Gasteiger partial charge in [-0.3, -0.25) is 0 Å². The van der Waals surface area contributed by atoms with Crippen LogP contribution in [-0.2, 0) is 0 Å². The average molecular weight is 218 g/mol. The van der Waals surface area contributed by atoms with E-state index < -0.39 is 6.10 Å². The Balaban J connectivity index is 3.25. The van der Waals surface area contributed by atoms with Crippen molar-refractivity contribution in [3.05, 3.63) is 22.7 Å². The molecule has 0 radical (unpaired) electrons. The predicted octanol–water partition coefficient (Wildman–Crippen LogP) is 1.05. The van der Waals surface area contributed by atoms with Crippen molar-refractivity contribution in [3.8, 4) is 11.5 Å². The number of aromatic hydroxyl groups is 1. The molecule has 0 saturated carbocycles. The summed E-state index contributed by atoms with van der Waals surface area (Å²) in [5.74, 6) is 0.306. The second-order valence-electron chi connectivity index (χ2n) is 2.77. The lowest BCUT2D eigenvalue weighted by molar-refractivity contribution is 0.182. The summed E-state index contributed by atoms with van der Waals surface area (Å²) in [4.78, 5) is 0. The first-order valence-electron chi connectivity index (χ1n) is 4.05. The molecular formula is C9H12ClNO3. The van der Waals surface area contributed by atoms with Gasteiger partial charge in [-0.2, -0.15) is 0 Å². The number of benzene rings is 1. The van der Waals surface area contributed by atoms with E-state index >= 15 is 0 Å². The van der Waals surface area contributed by atoms with Gasteiger partial charge in [0.1, 0.15) is 11.5 Å². The van der Waals surface area contributed by atoms with E-state index in [0.29, 0.717) is 5.75 Å². The number of hydrogen-bond donors (Lipinski definition) is 3. The van der Waals surface area contributed by atoms with Crippen molar-refractivity contribution < 1.29 is 14.9 Å². The Labute approximate surface area is 86.9 Å². The Bertz CT molecular complexity index is 330. The molecule has 1 aromatic rings. The first kappa shape index (κ1) is 11.1. The van der Waals surface area contributed by atoms with Crippen LogP contribution < -0.4 is 10.5 Å². The Hall–Kier alpha value is -0.970. The molecule has 4 nitrogen and oxygen atoms in total. The minimum atomic E-state index is -0.988. The zero-order chi connectivity index (χ0) is 10.7. The monoisotopic (exact) mass is 217 g/mol. The number of rotatable bonds is 3. The maximum absolute atomic E-state index is 9.49. The third kappa shape index (κ3) is 1.92. The minimum absolute atomic E-state index is 0.0134. The van der Waals surface area contributed by atoms with E-state index in [-0.39, 0.29) is 22.9 Å². The Morgan fingerprint density at radius 2 is 2.21 bits per heavy atom. The molecule has 0 amide bonds. The predicted molar refractivity (Wildman–Crippen MR) is 53.7 cm³/mol. The highest BCUT2D eigenvalue weighted by molar-refractivity contribution is 6.33. The molecule has 1 unspecified atom stereocenters.